The molecule has 1 atom stereocenters. The van der Waals surface area contributed by atoms with Crippen LogP contribution in [0.2, 0.25) is 0 Å². The fourth-order valence-corrected chi connectivity index (χ4v) is 1.36. The third kappa shape index (κ3) is 2.27. The third-order valence-corrected chi connectivity index (χ3v) is 2.12. The number of carbonyl (C=O) groups is 2. The van der Waals surface area contributed by atoms with Crippen LogP contribution in [0.1, 0.15) is 18.7 Å². The van der Waals surface area contributed by atoms with E-state index in [1.165, 1.54) is 0 Å². The first-order chi connectivity index (χ1) is 7.25. The highest BCUT2D eigenvalue weighted by molar-refractivity contribution is 5.90. The molecule has 0 spiro atoms. The maximum atomic E-state index is 11.5. The molecule has 80 valence electrons. The Labute approximate surface area is 84.8 Å². The minimum atomic E-state index is -0.426. The minimum Gasteiger partial charge on any atom is -0.347 e. The summed E-state index contributed by atoms with van der Waals surface area (Å²) in [6.45, 7) is 0.210. The second kappa shape index (κ2) is 4.03. The van der Waals surface area contributed by atoms with Gasteiger partial charge < -0.3 is 10.6 Å². The number of aromatic nitrogens is 4. The van der Waals surface area contributed by atoms with E-state index in [9.17, 15) is 9.59 Å². The van der Waals surface area contributed by atoms with Crippen LogP contribution in [-0.2, 0) is 16.1 Å². The Hall–Kier alpha value is -1.99. The zero-order valence-electron chi connectivity index (χ0n) is 7.86. The van der Waals surface area contributed by atoms with Crippen molar-refractivity contribution in [3.8, 4) is 0 Å². The van der Waals surface area contributed by atoms with Crippen LogP contribution < -0.4 is 10.6 Å². The number of hydrogen-bond donors (Lipinski definition) is 3. The fourth-order valence-electron chi connectivity index (χ4n) is 1.36. The van der Waals surface area contributed by atoms with Crippen molar-refractivity contribution in [2.45, 2.75) is 25.4 Å². The van der Waals surface area contributed by atoms with Crippen molar-refractivity contribution in [3.05, 3.63) is 5.82 Å². The van der Waals surface area contributed by atoms with E-state index in [0.29, 0.717) is 18.7 Å². The maximum absolute atomic E-state index is 11.5. The number of rotatable bonds is 3. The highest BCUT2D eigenvalue weighted by Crippen LogP contribution is 2.06. The predicted octanol–water partition coefficient (Wildman–Crippen LogP) is -1.91. The molecule has 0 radical (unpaired) electrons. The van der Waals surface area contributed by atoms with Gasteiger partial charge in [-0.2, -0.15) is 5.21 Å². The topological polar surface area (TPSA) is 113 Å². The molecule has 2 heterocycles. The van der Waals surface area contributed by atoms with Crippen molar-refractivity contribution in [2.75, 3.05) is 0 Å². The van der Waals surface area contributed by atoms with E-state index >= 15 is 0 Å². The summed E-state index contributed by atoms with van der Waals surface area (Å²) >= 11 is 0. The van der Waals surface area contributed by atoms with Gasteiger partial charge in [-0.15, -0.1) is 10.2 Å². The molecule has 1 aliphatic heterocycles. The Bertz CT molecular complexity index is 362. The average molecular weight is 210 g/mol. The van der Waals surface area contributed by atoms with Gasteiger partial charge in [0.05, 0.1) is 6.54 Å². The van der Waals surface area contributed by atoms with Gasteiger partial charge in [-0.3, -0.25) is 9.59 Å². The Morgan fingerprint density at radius 2 is 2.47 bits per heavy atom. The van der Waals surface area contributed by atoms with Crippen LogP contribution in [0.25, 0.3) is 0 Å². The number of nitrogens with one attached hydrogen (secondary N) is 3. The lowest BCUT2D eigenvalue weighted by molar-refractivity contribution is -0.125. The zero-order valence-corrected chi connectivity index (χ0v) is 7.86. The van der Waals surface area contributed by atoms with Crippen LogP contribution in [0.3, 0.4) is 0 Å². The van der Waals surface area contributed by atoms with Gasteiger partial charge in [-0.25, -0.2) is 0 Å². The molecule has 0 aliphatic carbocycles. The van der Waals surface area contributed by atoms with Gasteiger partial charge in [0.15, 0.2) is 5.82 Å². The van der Waals surface area contributed by atoms with Crippen LogP contribution >= 0.6 is 0 Å². The van der Waals surface area contributed by atoms with Gasteiger partial charge in [0.1, 0.15) is 6.04 Å². The van der Waals surface area contributed by atoms with Gasteiger partial charge in [-0.1, -0.05) is 5.21 Å². The Kier molecular flexibility index (Phi) is 2.57. The normalized spacial score (nSPS) is 20.0. The molecule has 0 saturated carbocycles. The standard InChI is InChI=1S/C7H10N6O2/c14-6-2-1-4(9-6)7(15)8-3-5-10-12-13-11-5/h4H,1-3H2,(H,8,15)(H,9,14)(H,10,11,12,13). The Morgan fingerprint density at radius 1 is 1.60 bits per heavy atom. The van der Waals surface area contributed by atoms with Crippen molar-refractivity contribution in [1.82, 2.24) is 31.3 Å². The number of aromatic amines is 1. The molecule has 2 amide bonds. The summed E-state index contributed by atoms with van der Waals surface area (Å²) in [6.07, 6.45) is 0.942. The van der Waals surface area contributed by atoms with Gasteiger partial charge in [0.2, 0.25) is 11.8 Å². The molecule has 1 aromatic rings. The van der Waals surface area contributed by atoms with Crippen molar-refractivity contribution in [3.63, 3.8) is 0 Å². The Morgan fingerprint density at radius 3 is 3.07 bits per heavy atom. The first-order valence-electron chi connectivity index (χ1n) is 4.55. The molecule has 1 unspecified atom stereocenters. The SMILES string of the molecule is O=C1CCC(C(=O)NCc2nn[nH]n2)N1. The molecule has 0 aromatic carbocycles. The third-order valence-electron chi connectivity index (χ3n) is 2.12. The molecule has 1 fully saturated rings. The largest absolute Gasteiger partial charge is 0.347 e. The van der Waals surface area contributed by atoms with Crippen molar-refractivity contribution in [1.29, 1.82) is 0 Å². The molecule has 1 aromatic heterocycles. The quantitative estimate of drug-likeness (QED) is 0.539. The van der Waals surface area contributed by atoms with Crippen molar-refractivity contribution >= 4 is 11.8 Å². The fraction of sp³-hybridized carbons (Fsp3) is 0.571. The van der Waals surface area contributed by atoms with E-state index in [-0.39, 0.29) is 18.4 Å². The molecule has 3 N–H and O–H groups in total. The highest BCUT2D eigenvalue weighted by Gasteiger charge is 2.26. The lowest BCUT2D eigenvalue weighted by Gasteiger charge is -2.08. The summed E-state index contributed by atoms with van der Waals surface area (Å²) in [5.41, 5.74) is 0. The summed E-state index contributed by atoms with van der Waals surface area (Å²) in [7, 11) is 0. The molecule has 1 aliphatic rings. The summed E-state index contributed by atoms with van der Waals surface area (Å²) < 4.78 is 0. The first-order valence-corrected chi connectivity index (χ1v) is 4.55. The van der Waals surface area contributed by atoms with E-state index in [2.05, 4.69) is 31.3 Å². The lowest BCUT2D eigenvalue weighted by Crippen LogP contribution is -2.41. The highest BCUT2D eigenvalue weighted by atomic mass is 16.2. The van der Waals surface area contributed by atoms with E-state index in [4.69, 9.17) is 0 Å². The summed E-state index contributed by atoms with van der Waals surface area (Å²) in [4.78, 5) is 22.3. The number of nitrogens with zero attached hydrogens (tertiary/aromatic N) is 3. The smallest absolute Gasteiger partial charge is 0.242 e. The van der Waals surface area contributed by atoms with E-state index in [1.54, 1.807) is 0 Å². The van der Waals surface area contributed by atoms with Gasteiger partial charge >= 0.3 is 0 Å². The lowest BCUT2D eigenvalue weighted by atomic mass is 10.2. The predicted molar refractivity (Wildman–Crippen MR) is 47.2 cm³/mol. The second-order valence-corrected chi connectivity index (χ2v) is 3.20. The molecule has 1 saturated heterocycles. The van der Waals surface area contributed by atoms with Gasteiger partial charge in [-0.05, 0) is 6.42 Å². The van der Waals surface area contributed by atoms with Crippen LogP contribution in [0, 0.1) is 0 Å². The Balaban J connectivity index is 1.80. The number of tetrazole rings is 1. The number of amides is 2. The molecule has 8 nitrogen and oxygen atoms in total. The monoisotopic (exact) mass is 210 g/mol. The average Bonchev–Trinajstić information content (AvgIpc) is 2.84. The zero-order chi connectivity index (χ0) is 10.7. The number of H-pyrrole nitrogens is 1. The van der Waals surface area contributed by atoms with E-state index in [1.807, 2.05) is 0 Å². The van der Waals surface area contributed by atoms with E-state index < -0.39 is 6.04 Å². The van der Waals surface area contributed by atoms with Crippen molar-refractivity contribution < 1.29 is 9.59 Å². The minimum absolute atomic E-state index is 0.0882. The first kappa shape index (κ1) is 9.56. The molecular weight excluding hydrogens is 200 g/mol. The summed E-state index contributed by atoms with van der Waals surface area (Å²) in [5, 5.41) is 18.2. The summed E-state index contributed by atoms with van der Waals surface area (Å²) in [5.74, 6) is 0.105. The van der Waals surface area contributed by atoms with Crippen LogP contribution in [0.15, 0.2) is 0 Å². The van der Waals surface area contributed by atoms with Crippen LogP contribution in [0.5, 0.6) is 0 Å². The van der Waals surface area contributed by atoms with Crippen molar-refractivity contribution in [2.24, 2.45) is 0 Å². The summed E-state index contributed by atoms with van der Waals surface area (Å²) in [6, 6.07) is -0.426. The number of hydrogen-bond acceptors (Lipinski definition) is 5. The second-order valence-electron chi connectivity index (χ2n) is 3.20. The van der Waals surface area contributed by atoms with Crippen LogP contribution in [0.4, 0.5) is 0 Å². The molecule has 15 heavy (non-hydrogen) atoms. The molecule has 8 heteroatoms. The van der Waals surface area contributed by atoms with Gasteiger partial charge in [0, 0.05) is 6.42 Å². The van der Waals surface area contributed by atoms with Gasteiger partial charge in [0.25, 0.3) is 0 Å². The van der Waals surface area contributed by atoms with Crippen LogP contribution in [-0.4, -0.2) is 38.5 Å². The molecule has 2 rings (SSSR count). The number of carbonyl (C=O) groups excluding carboxylic acids is 2. The maximum Gasteiger partial charge on any atom is 0.242 e. The molecular formula is C7H10N6O2. The molecule has 0 bridgehead atoms. The van der Waals surface area contributed by atoms with E-state index in [0.717, 1.165) is 0 Å².